The molecule has 0 aliphatic rings. The number of anilines is 2. The Morgan fingerprint density at radius 1 is 0.900 bits per heavy atom. The van der Waals surface area contributed by atoms with E-state index < -0.39 is 23.0 Å². The van der Waals surface area contributed by atoms with Gasteiger partial charge in [0.1, 0.15) is 10.9 Å². The van der Waals surface area contributed by atoms with Crippen LogP contribution in [0.25, 0.3) is 6.08 Å². The van der Waals surface area contributed by atoms with Crippen LogP contribution >= 0.6 is 46.3 Å². The molecule has 13 heteroatoms. The van der Waals surface area contributed by atoms with Crippen molar-refractivity contribution in [2.45, 2.75) is 23.5 Å². The standard InChI is InChI=1S/C37H30Cl2N4O5S2/c1-2-48-31(44)21-27-22-49-37(41-27)43-36(47)33(23-11-5-3-6-12-23)50-28-17-10-16-26(20-28)40-35(46)30(19-25-15-9-18-29(38)32(25)39)42-34(45)24-13-7-4-8-14-24/h3-20,22,33H,2,21H2,1H3,(H,40,46)(H,42,45)(H,41,43,47)/b30-19+. The van der Waals surface area contributed by atoms with Crippen molar-refractivity contribution in [2.24, 2.45) is 0 Å². The van der Waals surface area contributed by atoms with Crippen molar-refractivity contribution in [1.82, 2.24) is 10.3 Å². The molecule has 1 heterocycles. The number of hydrogen-bond donors (Lipinski definition) is 3. The number of nitrogens with zero attached hydrogens (tertiary/aromatic N) is 1. The third-order valence-electron chi connectivity index (χ3n) is 6.91. The number of aromatic nitrogens is 1. The molecule has 3 N–H and O–H groups in total. The van der Waals surface area contributed by atoms with Crippen LogP contribution in [0.3, 0.4) is 0 Å². The minimum atomic E-state index is -0.690. The second kappa shape index (κ2) is 17.6. The first-order chi connectivity index (χ1) is 24.2. The highest BCUT2D eigenvalue weighted by atomic mass is 35.5. The summed E-state index contributed by atoms with van der Waals surface area (Å²) in [5.41, 5.74) is 2.41. The van der Waals surface area contributed by atoms with Crippen molar-refractivity contribution >= 4 is 86.9 Å². The monoisotopic (exact) mass is 744 g/mol. The highest BCUT2D eigenvalue weighted by Crippen LogP contribution is 2.37. The van der Waals surface area contributed by atoms with Gasteiger partial charge in [-0.25, -0.2) is 4.98 Å². The second-order valence-electron chi connectivity index (χ2n) is 10.5. The number of carbonyl (C=O) groups excluding carboxylic acids is 4. The van der Waals surface area contributed by atoms with E-state index in [0.717, 1.165) is 5.56 Å². The number of nitrogens with one attached hydrogen (secondary N) is 3. The van der Waals surface area contributed by atoms with Gasteiger partial charge in [-0.15, -0.1) is 23.1 Å². The normalized spacial score (nSPS) is 11.7. The average Bonchev–Trinajstić information content (AvgIpc) is 3.55. The van der Waals surface area contributed by atoms with Gasteiger partial charge in [-0.05, 0) is 60.5 Å². The van der Waals surface area contributed by atoms with Crippen LogP contribution in [-0.2, 0) is 25.5 Å². The first-order valence-electron chi connectivity index (χ1n) is 15.3. The molecule has 50 heavy (non-hydrogen) atoms. The molecule has 1 aromatic heterocycles. The number of amides is 3. The SMILES string of the molecule is CCOC(=O)Cc1csc(NC(=O)C(Sc2cccc(NC(=O)/C(=C\c3cccc(Cl)c3Cl)NC(=O)c3ccccc3)c2)c2ccccc2)n1. The number of thioether (sulfide) groups is 1. The molecule has 0 bridgehead atoms. The number of carbonyl (C=O) groups is 4. The summed E-state index contributed by atoms with van der Waals surface area (Å²) < 4.78 is 4.99. The van der Waals surface area contributed by atoms with Crippen LogP contribution in [-0.4, -0.2) is 35.3 Å². The molecule has 5 aromatic rings. The summed E-state index contributed by atoms with van der Waals surface area (Å²) in [5, 5.41) is 10.3. The van der Waals surface area contributed by atoms with E-state index in [0.29, 0.717) is 37.6 Å². The third-order valence-corrected chi connectivity index (χ3v) is 9.80. The molecule has 0 fully saturated rings. The maximum Gasteiger partial charge on any atom is 0.311 e. The maximum absolute atomic E-state index is 13.7. The van der Waals surface area contributed by atoms with Crippen LogP contribution in [0.1, 0.15) is 39.4 Å². The Morgan fingerprint density at radius 3 is 2.36 bits per heavy atom. The Hall–Kier alpha value is -4.94. The molecule has 4 aromatic carbocycles. The largest absolute Gasteiger partial charge is 0.466 e. The van der Waals surface area contributed by atoms with Crippen LogP contribution < -0.4 is 16.0 Å². The lowest BCUT2D eigenvalue weighted by Crippen LogP contribution is -2.30. The molecule has 9 nitrogen and oxygen atoms in total. The highest BCUT2D eigenvalue weighted by Gasteiger charge is 2.24. The van der Waals surface area contributed by atoms with Gasteiger partial charge in [-0.1, -0.05) is 89.9 Å². The fourth-order valence-corrected chi connectivity index (χ4v) is 6.75. The van der Waals surface area contributed by atoms with Crippen LogP contribution in [0.2, 0.25) is 10.0 Å². The number of halogens is 2. The Labute approximate surface area is 307 Å². The smallest absolute Gasteiger partial charge is 0.311 e. The lowest BCUT2D eigenvalue weighted by Gasteiger charge is -2.17. The third kappa shape index (κ3) is 10.1. The lowest BCUT2D eigenvalue weighted by molar-refractivity contribution is -0.142. The number of ether oxygens (including phenoxy) is 1. The van der Waals surface area contributed by atoms with E-state index in [1.807, 2.05) is 36.4 Å². The molecular weight excluding hydrogens is 715 g/mol. The Balaban J connectivity index is 1.36. The zero-order valence-corrected chi connectivity index (χ0v) is 29.7. The predicted octanol–water partition coefficient (Wildman–Crippen LogP) is 8.44. The second-order valence-corrected chi connectivity index (χ2v) is 13.3. The summed E-state index contributed by atoms with van der Waals surface area (Å²) in [7, 11) is 0. The molecule has 5 rings (SSSR count). The van der Waals surface area contributed by atoms with Crippen LogP contribution in [0.5, 0.6) is 0 Å². The van der Waals surface area contributed by atoms with E-state index in [-0.39, 0.29) is 29.7 Å². The summed E-state index contributed by atoms with van der Waals surface area (Å²) in [6.45, 7) is 2.00. The van der Waals surface area contributed by atoms with Crippen molar-refractivity contribution in [1.29, 1.82) is 0 Å². The molecule has 0 spiro atoms. The quantitative estimate of drug-likeness (QED) is 0.0628. The van der Waals surface area contributed by atoms with Crippen molar-refractivity contribution in [3.63, 3.8) is 0 Å². The number of esters is 1. The first-order valence-corrected chi connectivity index (χ1v) is 17.8. The number of thiazole rings is 1. The van der Waals surface area contributed by atoms with Crippen LogP contribution in [0.4, 0.5) is 10.8 Å². The van der Waals surface area contributed by atoms with Gasteiger partial charge in [-0.3, -0.25) is 19.2 Å². The van der Waals surface area contributed by atoms with E-state index in [2.05, 4.69) is 20.9 Å². The van der Waals surface area contributed by atoms with Crippen LogP contribution in [0, 0.1) is 0 Å². The number of rotatable bonds is 13. The average molecular weight is 746 g/mol. The summed E-state index contributed by atoms with van der Waals surface area (Å²) in [6, 6.07) is 29.7. The summed E-state index contributed by atoms with van der Waals surface area (Å²) >= 11 is 15.1. The Morgan fingerprint density at radius 2 is 1.62 bits per heavy atom. The van der Waals surface area contributed by atoms with Gasteiger partial charge in [0.15, 0.2) is 5.13 Å². The molecule has 0 aliphatic heterocycles. The van der Waals surface area contributed by atoms with E-state index in [1.165, 1.54) is 29.2 Å². The number of benzene rings is 4. The number of hydrogen-bond acceptors (Lipinski definition) is 8. The van der Waals surface area contributed by atoms with Gasteiger partial charge in [0.25, 0.3) is 11.8 Å². The zero-order valence-electron chi connectivity index (χ0n) is 26.5. The van der Waals surface area contributed by atoms with Gasteiger partial charge in [0.2, 0.25) is 5.91 Å². The van der Waals surface area contributed by atoms with E-state index in [4.69, 9.17) is 27.9 Å². The molecule has 0 radical (unpaired) electrons. The van der Waals surface area contributed by atoms with Crippen LogP contribution in [0.15, 0.2) is 119 Å². The van der Waals surface area contributed by atoms with Gasteiger partial charge >= 0.3 is 5.97 Å². The molecule has 0 saturated heterocycles. The lowest BCUT2D eigenvalue weighted by atomic mass is 10.1. The Bertz CT molecular complexity index is 2020. The van der Waals surface area contributed by atoms with Crippen molar-refractivity contribution < 1.29 is 23.9 Å². The fraction of sp³-hybridized carbons (Fsp3) is 0.108. The maximum atomic E-state index is 13.7. The fourth-order valence-electron chi connectivity index (χ4n) is 4.59. The first kappa shape index (κ1) is 36.3. The van der Waals surface area contributed by atoms with Gasteiger partial charge in [0, 0.05) is 21.5 Å². The molecule has 254 valence electrons. The molecule has 0 aliphatic carbocycles. The molecule has 0 saturated carbocycles. The van der Waals surface area contributed by atoms with Crippen molar-refractivity contribution in [3.05, 3.63) is 147 Å². The van der Waals surface area contributed by atoms with E-state index in [1.54, 1.807) is 79.0 Å². The summed E-state index contributed by atoms with van der Waals surface area (Å²) in [6.07, 6.45) is 1.46. The van der Waals surface area contributed by atoms with Crippen molar-refractivity contribution in [3.8, 4) is 0 Å². The van der Waals surface area contributed by atoms with Crippen molar-refractivity contribution in [2.75, 3.05) is 17.2 Å². The summed E-state index contributed by atoms with van der Waals surface area (Å²) in [4.78, 5) is 57.3. The zero-order chi connectivity index (χ0) is 35.5. The minimum absolute atomic E-state index is 0.00849. The Kier molecular flexibility index (Phi) is 12.8. The summed E-state index contributed by atoms with van der Waals surface area (Å²) in [5.74, 6) is -1.80. The van der Waals surface area contributed by atoms with Gasteiger partial charge < -0.3 is 20.7 Å². The van der Waals surface area contributed by atoms with Gasteiger partial charge in [-0.2, -0.15) is 0 Å². The predicted molar refractivity (Wildman–Crippen MR) is 200 cm³/mol. The van der Waals surface area contributed by atoms with Gasteiger partial charge in [0.05, 0.1) is 28.8 Å². The minimum Gasteiger partial charge on any atom is -0.466 e. The van der Waals surface area contributed by atoms with E-state index in [9.17, 15) is 19.2 Å². The molecule has 1 atom stereocenters. The molecule has 3 amide bonds. The van der Waals surface area contributed by atoms with E-state index >= 15 is 0 Å². The molecular formula is C37H30Cl2N4O5S2. The molecule has 1 unspecified atom stereocenters. The topological polar surface area (TPSA) is 126 Å². The highest BCUT2D eigenvalue weighted by molar-refractivity contribution is 8.00.